The highest BCUT2D eigenvalue weighted by molar-refractivity contribution is 6.07. The van der Waals surface area contributed by atoms with Crippen molar-refractivity contribution < 1.29 is 23.9 Å². The zero-order chi connectivity index (χ0) is 31.6. The van der Waals surface area contributed by atoms with Crippen LogP contribution in [0.25, 0.3) is 11.0 Å². The van der Waals surface area contributed by atoms with E-state index in [0.29, 0.717) is 35.4 Å². The van der Waals surface area contributed by atoms with Gasteiger partial charge >= 0.3 is 11.9 Å². The molecule has 4 rings (SSSR count). The molecule has 0 unspecified atom stereocenters. The van der Waals surface area contributed by atoms with E-state index in [1.807, 2.05) is 55.8 Å². The molecule has 0 radical (unpaired) electrons. The Bertz CT molecular complexity index is 1630. The second kappa shape index (κ2) is 14.8. The molecule has 2 aromatic heterocycles. The molecule has 0 saturated carbocycles. The Balaban J connectivity index is 1.42. The smallest absolute Gasteiger partial charge is 0.307 e. The fourth-order valence-corrected chi connectivity index (χ4v) is 4.43. The number of nitrogens with zero attached hydrogens (tertiary/aromatic N) is 5. The van der Waals surface area contributed by atoms with Crippen LogP contribution in [0.3, 0.4) is 0 Å². The van der Waals surface area contributed by atoms with E-state index in [9.17, 15) is 14.4 Å². The van der Waals surface area contributed by atoms with Gasteiger partial charge in [-0.1, -0.05) is 19.9 Å². The highest BCUT2D eigenvalue weighted by Gasteiger charge is 2.21. The molecule has 2 aromatic carbocycles. The Hall–Kier alpha value is -5.26. The first-order valence-electron chi connectivity index (χ1n) is 14.2. The predicted octanol–water partition coefficient (Wildman–Crippen LogP) is 4.04. The van der Waals surface area contributed by atoms with Crippen molar-refractivity contribution in [2.75, 3.05) is 30.6 Å². The molecule has 1 amide bonds. The van der Waals surface area contributed by atoms with Crippen molar-refractivity contribution >= 4 is 46.2 Å². The molecule has 12 heteroatoms. The van der Waals surface area contributed by atoms with Gasteiger partial charge in [0.15, 0.2) is 6.73 Å². The molecule has 4 aromatic rings. The Morgan fingerprint density at radius 3 is 2.48 bits per heavy atom. The van der Waals surface area contributed by atoms with E-state index in [-0.39, 0.29) is 43.3 Å². The van der Waals surface area contributed by atoms with E-state index in [2.05, 4.69) is 15.3 Å². The van der Waals surface area contributed by atoms with Crippen LogP contribution in [0.2, 0.25) is 0 Å². The van der Waals surface area contributed by atoms with Gasteiger partial charge in [-0.3, -0.25) is 19.3 Å². The Labute approximate surface area is 255 Å². The van der Waals surface area contributed by atoms with Crippen LogP contribution in [0.15, 0.2) is 71.9 Å². The minimum absolute atomic E-state index is 0.0364. The number of amides is 1. The summed E-state index contributed by atoms with van der Waals surface area (Å²) in [6.07, 6.45) is 1.97. The van der Waals surface area contributed by atoms with Crippen LogP contribution in [0, 0.1) is 5.92 Å². The van der Waals surface area contributed by atoms with Crippen LogP contribution >= 0.6 is 0 Å². The third kappa shape index (κ3) is 8.18. The van der Waals surface area contributed by atoms with Crippen molar-refractivity contribution in [1.29, 1.82) is 0 Å². The van der Waals surface area contributed by atoms with Crippen molar-refractivity contribution in [2.24, 2.45) is 23.7 Å². The summed E-state index contributed by atoms with van der Waals surface area (Å²) in [6.45, 7) is 4.33. The van der Waals surface area contributed by atoms with Gasteiger partial charge in [-0.05, 0) is 60.5 Å². The molecule has 0 aliphatic rings. The number of anilines is 2. The summed E-state index contributed by atoms with van der Waals surface area (Å²) in [6, 6.07) is 18.0. The minimum atomic E-state index is -0.415. The number of rotatable bonds is 13. The second-order valence-electron chi connectivity index (χ2n) is 10.5. The number of nitrogens with two attached hydrogens (primary N) is 1. The number of hydrogen-bond donors (Lipinski definition) is 2. The molecular weight excluding hydrogens is 562 g/mol. The van der Waals surface area contributed by atoms with Crippen molar-refractivity contribution in [3.8, 4) is 0 Å². The number of esters is 2. The number of methoxy groups -OCH3 is 1. The van der Waals surface area contributed by atoms with Gasteiger partial charge in [0.25, 0.3) is 5.91 Å². The fraction of sp³-hybridized carbons (Fsp3) is 0.312. The van der Waals surface area contributed by atoms with Crippen LogP contribution in [-0.2, 0) is 32.7 Å². The molecule has 0 fully saturated rings. The summed E-state index contributed by atoms with van der Waals surface area (Å²) >= 11 is 0. The highest BCUT2D eigenvalue weighted by Crippen LogP contribution is 2.21. The first-order chi connectivity index (χ1) is 21.2. The van der Waals surface area contributed by atoms with Crippen LogP contribution in [0.1, 0.15) is 48.4 Å². The summed E-state index contributed by atoms with van der Waals surface area (Å²) in [4.78, 5) is 51.7. The zero-order valence-electron chi connectivity index (χ0n) is 25.3. The number of aromatic nitrogens is 3. The molecule has 0 aliphatic heterocycles. The van der Waals surface area contributed by atoms with E-state index in [1.165, 1.54) is 12.0 Å². The van der Waals surface area contributed by atoms with Gasteiger partial charge in [-0.2, -0.15) is 0 Å². The molecule has 0 atom stereocenters. The van der Waals surface area contributed by atoms with Crippen molar-refractivity contribution in [3.63, 3.8) is 0 Å². The fourth-order valence-electron chi connectivity index (χ4n) is 4.43. The number of imidazole rings is 1. The van der Waals surface area contributed by atoms with Gasteiger partial charge in [-0.15, -0.1) is 0 Å². The first-order valence-corrected chi connectivity index (χ1v) is 14.2. The van der Waals surface area contributed by atoms with Crippen LogP contribution in [0.5, 0.6) is 0 Å². The molecule has 230 valence electrons. The van der Waals surface area contributed by atoms with Crippen molar-refractivity contribution in [2.45, 2.75) is 33.2 Å². The van der Waals surface area contributed by atoms with E-state index in [1.54, 1.807) is 36.5 Å². The van der Waals surface area contributed by atoms with E-state index >= 15 is 0 Å². The van der Waals surface area contributed by atoms with E-state index < -0.39 is 5.97 Å². The number of carbonyl (C=O) groups is 3. The summed E-state index contributed by atoms with van der Waals surface area (Å²) in [5.41, 5.74) is 9.57. The standard InChI is InChI=1S/C32H37N7O5/c1-21(2)17-30(41)44-20-36-31(33)22-8-11-24(12-9-22)35-19-28-37-25-18-23(10-13-26(25)38(28)3)32(42)39(16-14-29(40)43-4)27-7-5-6-15-34-27/h5-13,15,18,21,35H,14,16-17,19-20H2,1-4H3,(H2,33,36). The Morgan fingerprint density at radius 1 is 1.05 bits per heavy atom. The molecule has 44 heavy (non-hydrogen) atoms. The lowest BCUT2D eigenvalue weighted by molar-refractivity contribution is -0.144. The minimum Gasteiger partial charge on any atom is -0.469 e. The van der Waals surface area contributed by atoms with E-state index in [4.69, 9.17) is 20.2 Å². The first kappa shape index (κ1) is 31.7. The molecule has 0 aliphatic carbocycles. The van der Waals surface area contributed by atoms with Crippen molar-refractivity contribution in [3.05, 3.63) is 83.8 Å². The molecule has 0 bridgehead atoms. The number of aryl methyl sites for hydroxylation is 1. The summed E-state index contributed by atoms with van der Waals surface area (Å²) < 4.78 is 11.8. The normalized spacial score (nSPS) is 11.4. The third-order valence-electron chi connectivity index (χ3n) is 6.83. The van der Waals surface area contributed by atoms with Gasteiger partial charge in [0.05, 0.1) is 31.1 Å². The van der Waals surface area contributed by atoms with Crippen LogP contribution in [-0.4, -0.2) is 58.6 Å². The van der Waals surface area contributed by atoms with Gasteiger partial charge in [0.2, 0.25) is 0 Å². The molecule has 0 spiro atoms. The number of aliphatic imine (C=N–C) groups is 1. The van der Waals surface area contributed by atoms with E-state index in [0.717, 1.165) is 17.0 Å². The number of benzene rings is 2. The maximum atomic E-state index is 13.5. The molecule has 0 saturated heterocycles. The number of amidine groups is 1. The van der Waals surface area contributed by atoms with Gasteiger partial charge in [0.1, 0.15) is 17.5 Å². The lowest BCUT2D eigenvalue weighted by Gasteiger charge is -2.21. The van der Waals surface area contributed by atoms with Crippen LogP contribution < -0.4 is 16.0 Å². The molecular formula is C32H37N7O5. The lowest BCUT2D eigenvalue weighted by atomic mass is 10.1. The highest BCUT2D eigenvalue weighted by atomic mass is 16.5. The predicted molar refractivity (Wildman–Crippen MR) is 168 cm³/mol. The Morgan fingerprint density at radius 2 is 1.80 bits per heavy atom. The quantitative estimate of drug-likeness (QED) is 0.132. The zero-order valence-corrected chi connectivity index (χ0v) is 25.3. The number of fused-ring (bicyclic) bond motifs is 1. The third-order valence-corrected chi connectivity index (χ3v) is 6.83. The topological polar surface area (TPSA) is 154 Å². The molecule has 3 N–H and O–H groups in total. The number of ether oxygens (including phenoxy) is 2. The summed E-state index contributed by atoms with van der Waals surface area (Å²) in [5.74, 6) is 0.693. The number of carbonyl (C=O) groups excluding carboxylic acids is 3. The maximum absolute atomic E-state index is 13.5. The summed E-state index contributed by atoms with van der Waals surface area (Å²) in [5, 5.41) is 3.35. The number of nitrogens with one attached hydrogen (secondary N) is 1. The average molecular weight is 600 g/mol. The van der Waals surface area contributed by atoms with Crippen molar-refractivity contribution in [1.82, 2.24) is 14.5 Å². The number of hydrogen-bond acceptors (Lipinski definition) is 9. The summed E-state index contributed by atoms with van der Waals surface area (Å²) in [7, 11) is 3.23. The second-order valence-corrected chi connectivity index (χ2v) is 10.5. The molecule has 2 heterocycles. The maximum Gasteiger partial charge on any atom is 0.307 e. The molecule has 12 nitrogen and oxygen atoms in total. The largest absolute Gasteiger partial charge is 0.469 e. The van der Waals surface area contributed by atoms with Gasteiger partial charge in [-0.25, -0.2) is 15.0 Å². The van der Waals surface area contributed by atoms with Gasteiger partial charge in [0, 0.05) is 43.0 Å². The average Bonchev–Trinajstić information content (AvgIpc) is 3.34. The lowest BCUT2D eigenvalue weighted by Crippen LogP contribution is -2.33. The van der Waals surface area contributed by atoms with Crippen LogP contribution in [0.4, 0.5) is 11.5 Å². The SMILES string of the molecule is COC(=O)CCN(C(=O)c1ccc2c(c1)nc(CNc1ccc(/C(N)=N/COC(=O)CC(C)C)cc1)n2C)c1ccccn1. The van der Waals surface area contributed by atoms with Gasteiger partial charge < -0.3 is 25.1 Å². The monoisotopic (exact) mass is 599 g/mol. The number of pyridine rings is 1. The Kier molecular flexibility index (Phi) is 10.6.